The lowest BCUT2D eigenvalue weighted by Gasteiger charge is -2.15. The van der Waals surface area contributed by atoms with Crippen LogP contribution in [0.2, 0.25) is 5.02 Å². The number of rotatable bonds is 6. The van der Waals surface area contributed by atoms with Crippen LogP contribution in [0.3, 0.4) is 0 Å². The standard InChI is InChI=1S/C22H17ClF3NO3S/c1-12-13(2)18(9-5-14(12)6-10-19(28)29)30-11-17-20(15-3-7-16(23)8-4-15)27-31-21(17)22(24,25)26/h3-10H,11H2,1-2H3,(H,28,29)/b10-6+. The van der Waals surface area contributed by atoms with Gasteiger partial charge in [-0.05, 0) is 66.3 Å². The molecule has 0 saturated carbocycles. The second-order valence-electron chi connectivity index (χ2n) is 6.71. The lowest BCUT2D eigenvalue weighted by atomic mass is 10.0. The first-order valence-corrected chi connectivity index (χ1v) is 10.2. The maximum Gasteiger partial charge on any atom is 0.427 e. The molecule has 0 aliphatic heterocycles. The van der Waals surface area contributed by atoms with E-state index in [1.807, 2.05) is 0 Å². The molecule has 3 rings (SSSR count). The predicted molar refractivity (Wildman–Crippen MR) is 114 cm³/mol. The van der Waals surface area contributed by atoms with Crippen LogP contribution in [0.1, 0.15) is 27.1 Å². The number of halogens is 4. The number of aromatic nitrogens is 1. The Bertz CT molecular complexity index is 1140. The van der Waals surface area contributed by atoms with E-state index in [-0.39, 0.29) is 17.9 Å². The van der Waals surface area contributed by atoms with Crippen molar-refractivity contribution >= 4 is 35.2 Å². The fourth-order valence-electron chi connectivity index (χ4n) is 2.97. The quantitative estimate of drug-likeness (QED) is 0.406. The molecule has 0 amide bonds. The summed E-state index contributed by atoms with van der Waals surface area (Å²) in [6.45, 7) is 3.23. The van der Waals surface area contributed by atoms with Gasteiger partial charge in [0.05, 0.1) is 5.69 Å². The molecular weight excluding hydrogens is 451 g/mol. The number of hydrogen-bond acceptors (Lipinski definition) is 4. The highest BCUT2D eigenvalue weighted by Crippen LogP contribution is 2.40. The summed E-state index contributed by atoms with van der Waals surface area (Å²) >= 11 is 6.27. The van der Waals surface area contributed by atoms with Gasteiger partial charge >= 0.3 is 12.1 Å². The van der Waals surface area contributed by atoms with E-state index in [4.69, 9.17) is 21.4 Å². The molecule has 0 atom stereocenters. The first-order chi connectivity index (χ1) is 14.6. The summed E-state index contributed by atoms with van der Waals surface area (Å²) in [5, 5.41) is 9.26. The van der Waals surface area contributed by atoms with Crippen LogP contribution in [-0.4, -0.2) is 15.4 Å². The van der Waals surface area contributed by atoms with E-state index in [9.17, 15) is 18.0 Å². The molecule has 0 fully saturated rings. The monoisotopic (exact) mass is 467 g/mol. The highest BCUT2D eigenvalue weighted by atomic mass is 35.5. The van der Waals surface area contributed by atoms with Gasteiger partial charge in [-0.25, -0.2) is 4.79 Å². The molecule has 0 aliphatic rings. The van der Waals surface area contributed by atoms with Gasteiger partial charge in [-0.2, -0.15) is 17.5 Å². The smallest absolute Gasteiger partial charge is 0.427 e. The summed E-state index contributed by atoms with van der Waals surface area (Å²) in [6.07, 6.45) is -2.08. The highest BCUT2D eigenvalue weighted by molar-refractivity contribution is 7.06. The van der Waals surface area contributed by atoms with Crippen molar-refractivity contribution in [3.63, 3.8) is 0 Å². The number of alkyl halides is 3. The summed E-state index contributed by atoms with van der Waals surface area (Å²) in [6, 6.07) is 9.67. The van der Waals surface area contributed by atoms with Crippen LogP contribution >= 0.6 is 23.1 Å². The Morgan fingerprint density at radius 2 is 1.84 bits per heavy atom. The molecule has 0 radical (unpaired) electrons. The van der Waals surface area contributed by atoms with Crippen molar-refractivity contribution in [3.05, 3.63) is 74.6 Å². The number of carboxylic acids is 1. The van der Waals surface area contributed by atoms with Gasteiger partial charge in [0.1, 0.15) is 17.2 Å². The SMILES string of the molecule is Cc1c(/C=C/C(=O)O)ccc(OCc2c(-c3ccc(Cl)cc3)nsc2C(F)(F)F)c1C. The van der Waals surface area contributed by atoms with Crippen molar-refractivity contribution in [2.24, 2.45) is 0 Å². The number of hydrogen-bond donors (Lipinski definition) is 1. The van der Waals surface area contributed by atoms with Crippen LogP contribution in [0.4, 0.5) is 13.2 Å². The fourth-order valence-corrected chi connectivity index (χ4v) is 3.86. The van der Waals surface area contributed by atoms with E-state index in [2.05, 4.69) is 4.37 Å². The minimum atomic E-state index is -4.56. The zero-order valence-corrected chi connectivity index (χ0v) is 18.0. The van der Waals surface area contributed by atoms with Crippen LogP contribution < -0.4 is 4.74 Å². The molecule has 0 spiro atoms. The maximum absolute atomic E-state index is 13.6. The van der Waals surface area contributed by atoms with Crippen molar-refractivity contribution in [2.75, 3.05) is 0 Å². The van der Waals surface area contributed by atoms with E-state index in [0.29, 0.717) is 39.0 Å². The summed E-state index contributed by atoms with van der Waals surface area (Å²) in [7, 11) is 0. The summed E-state index contributed by atoms with van der Waals surface area (Å²) < 4.78 is 50.4. The molecule has 0 unspecified atom stereocenters. The number of benzene rings is 2. The molecule has 0 bridgehead atoms. The number of nitrogens with zero attached hydrogens (tertiary/aromatic N) is 1. The van der Waals surface area contributed by atoms with Gasteiger partial charge in [-0.15, -0.1) is 0 Å². The molecule has 4 nitrogen and oxygen atoms in total. The van der Waals surface area contributed by atoms with Crippen molar-refractivity contribution in [2.45, 2.75) is 26.6 Å². The fraction of sp³-hybridized carbons (Fsp3) is 0.182. The van der Waals surface area contributed by atoms with E-state index in [1.165, 1.54) is 6.08 Å². The summed E-state index contributed by atoms with van der Waals surface area (Å²) in [5.41, 5.74) is 2.82. The van der Waals surface area contributed by atoms with Gasteiger partial charge in [0.25, 0.3) is 0 Å². The Kier molecular flexibility index (Phi) is 6.71. The number of carbonyl (C=O) groups is 1. The van der Waals surface area contributed by atoms with Gasteiger partial charge in [0, 0.05) is 22.2 Å². The van der Waals surface area contributed by atoms with Crippen molar-refractivity contribution in [3.8, 4) is 17.0 Å². The first kappa shape index (κ1) is 22.8. The zero-order valence-electron chi connectivity index (χ0n) is 16.5. The Balaban J connectivity index is 1.94. The van der Waals surface area contributed by atoms with E-state index in [0.717, 1.165) is 11.6 Å². The molecular formula is C22H17ClF3NO3S. The first-order valence-electron chi connectivity index (χ1n) is 9.03. The highest BCUT2D eigenvalue weighted by Gasteiger charge is 2.38. The van der Waals surface area contributed by atoms with Crippen LogP contribution in [0.5, 0.6) is 5.75 Å². The normalized spacial score (nSPS) is 11.8. The molecule has 0 aliphatic carbocycles. The zero-order chi connectivity index (χ0) is 22.8. The molecule has 9 heteroatoms. The van der Waals surface area contributed by atoms with Gasteiger partial charge in [0.2, 0.25) is 0 Å². The molecule has 2 aromatic carbocycles. The summed E-state index contributed by atoms with van der Waals surface area (Å²) in [4.78, 5) is 9.92. The minimum absolute atomic E-state index is 0.0493. The molecule has 1 aromatic heterocycles. The third-order valence-corrected chi connectivity index (χ3v) is 5.91. The Morgan fingerprint density at radius 1 is 1.16 bits per heavy atom. The number of ether oxygens (including phenoxy) is 1. The summed E-state index contributed by atoms with van der Waals surface area (Å²) in [5.74, 6) is -0.664. The predicted octanol–water partition coefficient (Wildman–Crippen LogP) is 6.78. The molecule has 3 aromatic rings. The Morgan fingerprint density at radius 3 is 2.45 bits per heavy atom. The van der Waals surface area contributed by atoms with Crippen LogP contribution in [0, 0.1) is 13.8 Å². The van der Waals surface area contributed by atoms with Crippen molar-refractivity contribution < 1.29 is 27.8 Å². The molecule has 1 heterocycles. The van der Waals surface area contributed by atoms with E-state index >= 15 is 0 Å². The van der Waals surface area contributed by atoms with E-state index < -0.39 is 17.0 Å². The second-order valence-corrected chi connectivity index (χ2v) is 7.92. The third kappa shape index (κ3) is 5.26. The molecule has 162 valence electrons. The number of carboxylic acid groups (broad SMARTS) is 1. The topological polar surface area (TPSA) is 59.4 Å². The van der Waals surface area contributed by atoms with Gasteiger partial charge in [-0.3, -0.25) is 0 Å². The Labute approximate surface area is 185 Å². The minimum Gasteiger partial charge on any atom is -0.488 e. The van der Waals surface area contributed by atoms with Crippen LogP contribution in [0.25, 0.3) is 17.3 Å². The van der Waals surface area contributed by atoms with Crippen molar-refractivity contribution in [1.29, 1.82) is 0 Å². The van der Waals surface area contributed by atoms with Crippen LogP contribution in [-0.2, 0) is 17.6 Å². The largest absolute Gasteiger partial charge is 0.488 e. The van der Waals surface area contributed by atoms with Gasteiger partial charge in [0.15, 0.2) is 0 Å². The van der Waals surface area contributed by atoms with Crippen LogP contribution in [0.15, 0.2) is 42.5 Å². The lowest BCUT2D eigenvalue weighted by molar-refractivity contribution is -0.135. The number of aliphatic carboxylic acids is 1. The van der Waals surface area contributed by atoms with Crippen molar-refractivity contribution in [1.82, 2.24) is 4.37 Å². The average Bonchev–Trinajstić information content (AvgIpc) is 3.13. The molecule has 0 saturated heterocycles. The second kappa shape index (κ2) is 9.11. The third-order valence-electron chi connectivity index (χ3n) is 4.72. The molecule has 1 N–H and O–H groups in total. The maximum atomic E-state index is 13.6. The molecule has 31 heavy (non-hydrogen) atoms. The lowest BCUT2D eigenvalue weighted by Crippen LogP contribution is -2.09. The average molecular weight is 468 g/mol. The van der Waals surface area contributed by atoms with Gasteiger partial charge in [-0.1, -0.05) is 29.8 Å². The van der Waals surface area contributed by atoms with E-state index in [1.54, 1.807) is 50.2 Å². The Hall–Kier alpha value is -2.84. The van der Waals surface area contributed by atoms with Gasteiger partial charge < -0.3 is 9.84 Å².